The third kappa shape index (κ3) is 11.2. The van der Waals surface area contributed by atoms with E-state index in [9.17, 15) is 9.59 Å². The molecule has 0 unspecified atom stereocenters. The molecule has 170 valence electrons. The van der Waals surface area contributed by atoms with E-state index in [0.717, 1.165) is 24.8 Å². The summed E-state index contributed by atoms with van der Waals surface area (Å²) >= 11 is 0. The van der Waals surface area contributed by atoms with Crippen molar-refractivity contribution in [3.05, 3.63) is 96.1 Å². The van der Waals surface area contributed by atoms with Crippen LogP contribution in [0.3, 0.4) is 0 Å². The first-order chi connectivity index (χ1) is 15.5. The number of carbonyl (C=O) groups excluding carboxylic acids is 1. The predicted octanol–water partition coefficient (Wildman–Crippen LogP) is 3.49. The minimum atomic E-state index is -0.955. The van der Waals surface area contributed by atoms with Gasteiger partial charge in [-0.3, -0.25) is 9.59 Å². The van der Waals surface area contributed by atoms with Crippen LogP contribution in [-0.2, 0) is 11.2 Å². The topological polar surface area (TPSA) is 132 Å². The molecule has 3 aromatic carbocycles. The standard InChI is InChI=1S/C13H10O.C8H11N.C5H12N2O2/c14-10-11-6-8-13(9-7-11)12-4-2-1-3-5-12;9-7-6-8-4-2-1-3-5-8;6-3-1-2-4(7)5(8)9/h1-10H;1-5H,6-7,9H2;4H,1-3,6-7H2,(H,8,9)/t;;4-/m..0/s1. The van der Waals surface area contributed by atoms with Crippen molar-refractivity contribution >= 4 is 12.3 Å². The highest BCUT2D eigenvalue weighted by Gasteiger charge is 2.08. The van der Waals surface area contributed by atoms with Gasteiger partial charge in [0.2, 0.25) is 0 Å². The van der Waals surface area contributed by atoms with Crippen LogP contribution < -0.4 is 17.2 Å². The van der Waals surface area contributed by atoms with Gasteiger partial charge in [0.05, 0.1) is 0 Å². The van der Waals surface area contributed by atoms with Gasteiger partial charge in [-0.2, -0.15) is 0 Å². The van der Waals surface area contributed by atoms with Gasteiger partial charge in [0, 0.05) is 5.56 Å². The molecule has 7 N–H and O–H groups in total. The second kappa shape index (κ2) is 16.4. The average molecular weight is 436 g/mol. The maximum Gasteiger partial charge on any atom is 0.320 e. The normalized spacial score (nSPS) is 10.6. The summed E-state index contributed by atoms with van der Waals surface area (Å²) in [5.41, 5.74) is 20.0. The number of carbonyl (C=O) groups is 2. The highest BCUT2D eigenvalue weighted by molar-refractivity contribution is 5.76. The average Bonchev–Trinajstić information content (AvgIpc) is 2.85. The van der Waals surface area contributed by atoms with E-state index in [1.165, 1.54) is 11.1 Å². The van der Waals surface area contributed by atoms with E-state index in [1.54, 1.807) is 0 Å². The van der Waals surface area contributed by atoms with E-state index in [-0.39, 0.29) is 0 Å². The molecule has 1 atom stereocenters. The molecule has 0 saturated carbocycles. The minimum absolute atomic E-state index is 0.464. The van der Waals surface area contributed by atoms with Crippen molar-refractivity contribution in [1.29, 1.82) is 0 Å². The quantitative estimate of drug-likeness (QED) is 0.400. The Morgan fingerprint density at radius 3 is 1.81 bits per heavy atom. The summed E-state index contributed by atoms with van der Waals surface area (Å²) in [5.74, 6) is -0.955. The SMILES string of the molecule is NCCC[C@H](N)C(=O)O.NCCc1ccccc1.O=Cc1ccc(-c2ccccc2)cc1. The number of carboxylic acid groups (broad SMARTS) is 1. The lowest BCUT2D eigenvalue weighted by Gasteiger charge is -2.02. The maximum absolute atomic E-state index is 10.5. The van der Waals surface area contributed by atoms with Crippen LogP contribution in [0, 0.1) is 0 Å². The molecule has 3 aromatic rings. The van der Waals surface area contributed by atoms with Gasteiger partial charge >= 0.3 is 5.97 Å². The van der Waals surface area contributed by atoms with E-state index in [4.69, 9.17) is 22.3 Å². The van der Waals surface area contributed by atoms with Gasteiger partial charge < -0.3 is 22.3 Å². The largest absolute Gasteiger partial charge is 0.480 e. The number of hydrogen-bond acceptors (Lipinski definition) is 5. The van der Waals surface area contributed by atoms with Crippen molar-refractivity contribution in [2.45, 2.75) is 25.3 Å². The van der Waals surface area contributed by atoms with Crippen LogP contribution in [0.5, 0.6) is 0 Å². The Balaban J connectivity index is 0.000000252. The molecule has 0 aromatic heterocycles. The fourth-order valence-electron chi connectivity index (χ4n) is 2.66. The number of aliphatic carboxylic acids is 1. The van der Waals surface area contributed by atoms with Crippen LogP contribution >= 0.6 is 0 Å². The van der Waals surface area contributed by atoms with E-state index in [2.05, 4.69) is 24.3 Å². The summed E-state index contributed by atoms with van der Waals surface area (Å²) in [6.45, 7) is 1.24. The summed E-state index contributed by atoms with van der Waals surface area (Å²) in [5, 5.41) is 8.24. The summed E-state index contributed by atoms with van der Waals surface area (Å²) in [7, 11) is 0. The lowest BCUT2D eigenvalue weighted by atomic mass is 10.0. The molecule has 0 heterocycles. The molecule has 0 bridgehead atoms. The zero-order valence-electron chi connectivity index (χ0n) is 18.3. The number of aldehydes is 1. The van der Waals surface area contributed by atoms with E-state index >= 15 is 0 Å². The molecule has 0 aliphatic carbocycles. The molecule has 6 nitrogen and oxygen atoms in total. The Kier molecular flexibility index (Phi) is 13.7. The number of nitrogens with two attached hydrogens (primary N) is 3. The van der Waals surface area contributed by atoms with E-state index in [1.807, 2.05) is 60.7 Å². The van der Waals surface area contributed by atoms with Crippen molar-refractivity contribution in [2.24, 2.45) is 17.2 Å². The van der Waals surface area contributed by atoms with Crippen molar-refractivity contribution in [2.75, 3.05) is 13.1 Å². The van der Waals surface area contributed by atoms with Crippen LogP contribution in [0.25, 0.3) is 11.1 Å². The van der Waals surface area contributed by atoms with Crippen molar-refractivity contribution in [3.63, 3.8) is 0 Å². The second-order valence-electron chi connectivity index (χ2n) is 7.01. The van der Waals surface area contributed by atoms with Gasteiger partial charge in [-0.25, -0.2) is 0 Å². The molecule has 0 amide bonds. The summed E-state index contributed by atoms with van der Waals surface area (Å²) in [4.78, 5) is 20.5. The van der Waals surface area contributed by atoms with Crippen LogP contribution in [0.15, 0.2) is 84.9 Å². The highest BCUT2D eigenvalue weighted by atomic mass is 16.4. The molecular formula is C26H33N3O3. The number of carboxylic acids is 1. The molecule has 0 spiro atoms. The molecule has 0 aliphatic heterocycles. The number of benzene rings is 3. The van der Waals surface area contributed by atoms with Crippen molar-refractivity contribution < 1.29 is 14.7 Å². The maximum atomic E-state index is 10.5. The second-order valence-corrected chi connectivity index (χ2v) is 7.01. The summed E-state index contributed by atoms with van der Waals surface area (Å²) < 4.78 is 0. The van der Waals surface area contributed by atoms with Gasteiger partial charge in [0.1, 0.15) is 12.3 Å². The Morgan fingerprint density at radius 2 is 1.34 bits per heavy atom. The number of hydrogen-bond donors (Lipinski definition) is 4. The van der Waals surface area contributed by atoms with Crippen molar-refractivity contribution in [1.82, 2.24) is 0 Å². The predicted molar refractivity (Wildman–Crippen MR) is 130 cm³/mol. The monoisotopic (exact) mass is 435 g/mol. The van der Waals surface area contributed by atoms with Gasteiger partial charge in [-0.05, 0) is 49.0 Å². The molecular weight excluding hydrogens is 402 g/mol. The number of rotatable bonds is 8. The van der Waals surface area contributed by atoms with E-state index < -0.39 is 12.0 Å². The van der Waals surface area contributed by atoms with Gasteiger partial charge in [-0.15, -0.1) is 0 Å². The highest BCUT2D eigenvalue weighted by Crippen LogP contribution is 2.18. The lowest BCUT2D eigenvalue weighted by Crippen LogP contribution is -2.30. The van der Waals surface area contributed by atoms with Crippen molar-refractivity contribution in [3.8, 4) is 11.1 Å². The van der Waals surface area contributed by atoms with Crippen LogP contribution in [0.2, 0.25) is 0 Å². The zero-order chi connectivity index (χ0) is 23.6. The lowest BCUT2D eigenvalue weighted by molar-refractivity contribution is -0.138. The zero-order valence-corrected chi connectivity index (χ0v) is 18.3. The Labute approximate surface area is 190 Å². The van der Waals surface area contributed by atoms with Crippen LogP contribution in [0.4, 0.5) is 0 Å². The Hall–Kier alpha value is -3.32. The Bertz CT molecular complexity index is 885. The Morgan fingerprint density at radius 1 is 0.812 bits per heavy atom. The fourth-order valence-corrected chi connectivity index (χ4v) is 2.66. The third-order valence-electron chi connectivity index (χ3n) is 4.47. The van der Waals surface area contributed by atoms with E-state index in [0.29, 0.717) is 24.9 Å². The first kappa shape index (κ1) is 26.7. The minimum Gasteiger partial charge on any atom is -0.480 e. The van der Waals surface area contributed by atoms with Gasteiger partial charge in [0.15, 0.2) is 0 Å². The first-order valence-electron chi connectivity index (χ1n) is 10.5. The van der Waals surface area contributed by atoms with Gasteiger partial charge in [-0.1, -0.05) is 84.9 Å². The molecule has 32 heavy (non-hydrogen) atoms. The van der Waals surface area contributed by atoms with Gasteiger partial charge in [0.25, 0.3) is 0 Å². The van der Waals surface area contributed by atoms with Crippen LogP contribution in [-0.4, -0.2) is 36.5 Å². The van der Waals surface area contributed by atoms with Crippen LogP contribution in [0.1, 0.15) is 28.8 Å². The molecule has 0 saturated heterocycles. The molecule has 0 fully saturated rings. The third-order valence-corrected chi connectivity index (χ3v) is 4.47. The smallest absolute Gasteiger partial charge is 0.320 e. The molecule has 0 radical (unpaired) electrons. The fraction of sp³-hybridized carbons (Fsp3) is 0.231. The summed E-state index contributed by atoms with van der Waals surface area (Å²) in [6, 6.07) is 27.2. The molecule has 0 aliphatic rings. The summed E-state index contributed by atoms with van der Waals surface area (Å²) in [6.07, 6.45) is 2.98. The molecule has 3 rings (SSSR count). The first-order valence-corrected chi connectivity index (χ1v) is 10.5. The molecule has 6 heteroatoms.